The first-order chi connectivity index (χ1) is 10.3. The van der Waals surface area contributed by atoms with Gasteiger partial charge in [0.2, 0.25) is 5.13 Å². The average molecular weight is 319 g/mol. The van der Waals surface area contributed by atoms with Crippen molar-refractivity contribution in [1.29, 1.82) is 0 Å². The van der Waals surface area contributed by atoms with Crippen LogP contribution < -0.4 is 5.32 Å². The molecule has 1 aliphatic carbocycles. The molecule has 0 atom stereocenters. The largest absolute Gasteiger partial charge is 0.330 e. The molecule has 1 aromatic heterocycles. The van der Waals surface area contributed by atoms with Gasteiger partial charge in [0, 0.05) is 11.4 Å². The third kappa shape index (κ3) is 4.20. The van der Waals surface area contributed by atoms with Gasteiger partial charge >= 0.3 is 0 Å². The van der Waals surface area contributed by atoms with Crippen LogP contribution in [-0.4, -0.2) is 16.0 Å². The van der Waals surface area contributed by atoms with Gasteiger partial charge in [-0.3, -0.25) is 0 Å². The highest BCUT2D eigenvalue weighted by atomic mass is 32.2. The van der Waals surface area contributed by atoms with E-state index in [0.717, 1.165) is 21.1 Å². The van der Waals surface area contributed by atoms with Crippen LogP contribution >= 0.6 is 23.1 Å². The van der Waals surface area contributed by atoms with Crippen molar-refractivity contribution in [3.8, 4) is 0 Å². The van der Waals surface area contributed by atoms with E-state index in [1.165, 1.54) is 43.4 Å². The molecular formula is C16H21N3S2. The summed E-state index contributed by atoms with van der Waals surface area (Å²) < 4.78 is 1.08. The minimum atomic E-state index is 0.875. The summed E-state index contributed by atoms with van der Waals surface area (Å²) in [6, 6.07) is 8.26. The number of hydrogen-bond acceptors (Lipinski definition) is 5. The Morgan fingerprint density at radius 3 is 2.81 bits per heavy atom. The van der Waals surface area contributed by atoms with Crippen molar-refractivity contribution in [3.05, 3.63) is 29.8 Å². The normalized spacial score (nSPS) is 16.0. The van der Waals surface area contributed by atoms with Gasteiger partial charge in [-0.15, -0.1) is 10.2 Å². The fourth-order valence-electron chi connectivity index (χ4n) is 2.69. The zero-order chi connectivity index (χ0) is 14.5. The summed E-state index contributed by atoms with van der Waals surface area (Å²) >= 11 is 3.52. The number of aryl methyl sites for hydroxylation is 1. The van der Waals surface area contributed by atoms with Crippen LogP contribution in [0.25, 0.3) is 0 Å². The lowest BCUT2D eigenvalue weighted by molar-refractivity contribution is 0.391. The molecule has 3 nitrogen and oxygen atoms in total. The maximum Gasteiger partial charge on any atom is 0.210 e. The summed E-state index contributed by atoms with van der Waals surface area (Å²) in [5, 5.41) is 12.8. The smallest absolute Gasteiger partial charge is 0.210 e. The Hall–Kier alpha value is -1.07. The Kier molecular flexibility index (Phi) is 5.14. The van der Waals surface area contributed by atoms with Gasteiger partial charge in [-0.2, -0.15) is 0 Å². The van der Waals surface area contributed by atoms with E-state index in [1.54, 1.807) is 11.3 Å². The highest BCUT2D eigenvalue weighted by Crippen LogP contribution is 2.33. The van der Waals surface area contributed by atoms with Crippen LogP contribution in [0.15, 0.2) is 28.6 Å². The summed E-state index contributed by atoms with van der Waals surface area (Å²) in [4.78, 5) is 0. The number of thioether (sulfide) groups is 1. The maximum atomic E-state index is 4.30. The summed E-state index contributed by atoms with van der Waals surface area (Å²) in [7, 11) is 0. The predicted octanol–water partition coefficient (Wildman–Crippen LogP) is 5.26. The molecule has 0 spiro atoms. The van der Waals surface area contributed by atoms with Gasteiger partial charge in [0.1, 0.15) is 0 Å². The van der Waals surface area contributed by atoms with E-state index in [-0.39, 0.29) is 0 Å². The van der Waals surface area contributed by atoms with Gasteiger partial charge in [0.05, 0.1) is 0 Å². The number of para-hydroxylation sites is 1. The summed E-state index contributed by atoms with van der Waals surface area (Å²) in [6.07, 6.45) is 7.01. The Morgan fingerprint density at radius 2 is 2.00 bits per heavy atom. The quantitative estimate of drug-likeness (QED) is 0.763. The van der Waals surface area contributed by atoms with Crippen molar-refractivity contribution in [2.75, 3.05) is 11.1 Å². The number of hydrogen-bond donors (Lipinski definition) is 1. The molecule has 2 aromatic rings. The van der Waals surface area contributed by atoms with Crippen LogP contribution in [0, 0.1) is 12.8 Å². The SMILES string of the molecule is Cc1ccccc1Nc1nnc(SCC2CCCCC2)s1. The van der Waals surface area contributed by atoms with Gasteiger partial charge in [-0.05, 0) is 37.3 Å². The number of benzene rings is 1. The van der Waals surface area contributed by atoms with Gasteiger partial charge < -0.3 is 5.32 Å². The zero-order valence-electron chi connectivity index (χ0n) is 12.3. The van der Waals surface area contributed by atoms with Crippen LogP contribution in [0.5, 0.6) is 0 Å². The molecule has 112 valence electrons. The second-order valence-corrected chi connectivity index (χ2v) is 7.87. The van der Waals surface area contributed by atoms with Crippen LogP contribution in [-0.2, 0) is 0 Å². The first-order valence-electron chi connectivity index (χ1n) is 7.60. The van der Waals surface area contributed by atoms with Crippen molar-refractivity contribution in [2.24, 2.45) is 5.92 Å². The van der Waals surface area contributed by atoms with Crippen LogP contribution in [0.4, 0.5) is 10.8 Å². The molecule has 1 fully saturated rings. The van der Waals surface area contributed by atoms with Crippen LogP contribution in [0.1, 0.15) is 37.7 Å². The Balaban J connectivity index is 1.55. The zero-order valence-corrected chi connectivity index (χ0v) is 14.0. The first-order valence-corrected chi connectivity index (χ1v) is 9.40. The van der Waals surface area contributed by atoms with Crippen LogP contribution in [0.3, 0.4) is 0 Å². The lowest BCUT2D eigenvalue weighted by Crippen LogP contribution is -2.08. The standard InChI is InChI=1S/C16H21N3S2/c1-12-7-5-6-10-14(12)17-15-18-19-16(21-15)20-11-13-8-3-2-4-9-13/h5-7,10,13H,2-4,8-9,11H2,1H3,(H,17,18). The van der Waals surface area contributed by atoms with Crippen molar-refractivity contribution < 1.29 is 0 Å². The fraction of sp³-hybridized carbons (Fsp3) is 0.500. The van der Waals surface area contributed by atoms with Crippen molar-refractivity contribution in [1.82, 2.24) is 10.2 Å². The lowest BCUT2D eigenvalue weighted by Gasteiger charge is -2.20. The Bertz CT molecular complexity index is 576. The molecule has 0 bridgehead atoms. The van der Waals surface area contributed by atoms with Crippen molar-refractivity contribution in [2.45, 2.75) is 43.4 Å². The molecular weight excluding hydrogens is 298 g/mol. The van der Waals surface area contributed by atoms with Crippen molar-refractivity contribution >= 4 is 33.9 Å². The van der Waals surface area contributed by atoms with Gasteiger partial charge in [-0.1, -0.05) is 60.6 Å². The van der Waals surface area contributed by atoms with E-state index in [1.807, 2.05) is 23.9 Å². The highest BCUT2D eigenvalue weighted by molar-refractivity contribution is 8.01. The Labute approximate surface area is 134 Å². The summed E-state index contributed by atoms with van der Waals surface area (Å²) in [5.41, 5.74) is 2.33. The Morgan fingerprint density at radius 1 is 1.19 bits per heavy atom. The second-order valence-electron chi connectivity index (χ2n) is 5.63. The molecule has 0 unspecified atom stereocenters. The third-order valence-corrected chi connectivity index (χ3v) is 6.16. The van der Waals surface area contributed by atoms with Crippen LogP contribution in [0.2, 0.25) is 0 Å². The van der Waals surface area contributed by atoms with Gasteiger partial charge in [-0.25, -0.2) is 0 Å². The number of anilines is 2. The van der Waals surface area contributed by atoms with Gasteiger partial charge in [0.15, 0.2) is 4.34 Å². The topological polar surface area (TPSA) is 37.8 Å². The van der Waals surface area contributed by atoms with E-state index >= 15 is 0 Å². The number of aromatic nitrogens is 2. The minimum absolute atomic E-state index is 0.875. The lowest BCUT2D eigenvalue weighted by atomic mass is 9.91. The second kappa shape index (κ2) is 7.27. The first kappa shape index (κ1) is 14.9. The molecule has 3 rings (SSSR count). The predicted molar refractivity (Wildman–Crippen MR) is 91.7 cm³/mol. The van der Waals surface area contributed by atoms with Crippen molar-refractivity contribution in [3.63, 3.8) is 0 Å². The van der Waals surface area contributed by atoms with Gasteiger partial charge in [0.25, 0.3) is 0 Å². The minimum Gasteiger partial charge on any atom is -0.330 e. The molecule has 21 heavy (non-hydrogen) atoms. The molecule has 1 heterocycles. The van der Waals surface area contributed by atoms with E-state index in [0.29, 0.717) is 0 Å². The maximum absolute atomic E-state index is 4.30. The molecule has 1 saturated carbocycles. The van der Waals surface area contributed by atoms with E-state index in [2.05, 4.69) is 34.6 Å². The summed E-state index contributed by atoms with van der Waals surface area (Å²) in [5.74, 6) is 2.07. The number of nitrogens with zero attached hydrogens (tertiary/aromatic N) is 2. The molecule has 0 radical (unpaired) electrons. The molecule has 0 saturated heterocycles. The molecule has 0 amide bonds. The molecule has 5 heteroatoms. The number of rotatable bonds is 5. The van der Waals surface area contributed by atoms with E-state index in [9.17, 15) is 0 Å². The molecule has 1 aromatic carbocycles. The van der Waals surface area contributed by atoms with E-state index in [4.69, 9.17) is 0 Å². The molecule has 1 aliphatic rings. The molecule has 1 N–H and O–H groups in total. The number of nitrogens with one attached hydrogen (secondary N) is 1. The average Bonchev–Trinajstić information content (AvgIpc) is 2.96. The monoisotopic (exact) mass is 319 g/mol. The van der Waals surface area contributed by atoms with E-state index < -0.39 is 0 Å². The fourth-order valence-corrected chi connectivity index (χ4v) is 4.67. The molecule has 0 aliphatic heterocycles. The third-order valence-electron chi connectivity index (χ3n) is 3.96. The highest BCUT2D eigenvalue weighted by Gasteiger charge is 2.15. The summed E-state index contributed by atoms with van der Waals surface area (Å²) in [6.45, 7) is 2.10.